The van der Waals surface area contributed by atoms with Gasteiger partial charge < -0.3 is 0 Å². The van der Waals surface area contributed by atoms with Crippen molar-refractivity contribution in [2.24, 2.45) is 5.14 Å². The van der Waals surface area contributed by atoms with E-state index >= 15 is 0 Å². The number of aromatic nitrogens is 2. The Morgan fingerprint density at radius 1 is 0.833 bits per heavy atom. The van der Waals surface area contributed by atoms with Gasteiger partial charge in [0.15, 0.2) is 0 Å². The van der Waals surface area contributed by atoms with Crippen molar-refractivity contribution in [3.63, 3.8) is 0 Å². The maximum absolute atomic E-state index is 13.7. The van der Waals surface area contributed by atoms with Crippen molar-refractivity contribution < 1.29 is 17.2 Å². The minimum Gasteiger partial charge on any atom is -0.232 e. The normalized spacial score (nSPS) is 11.6. The average molecular weight is 446 g/mol. The molecule has 0 radical (unpaired) electrons. The lowest BCUT2D eigenvalue weighted by Gasteiger charge is -2.08. The van der Waals surface area contributed by atoms with E-state index < -0.39 is 21.7 Å². The zero-order chi connectivity index (χ0) is 21.5. The lowest BCUT2D eigenvalue weighted by molar-refractivity contribution is 0.584. The fraction of sp³-hybridized carbons (Fsp3) is 0. The van der Waals surface area contributed by atoms with Crippen LogP contribution < -0.4 is 5.14 Å². The molecule has 0 amide bonds. The minimum absolute atomic E-state index is 0.0427. The summed E-state index contributed by atoms with van der Waals surface area (Å²) in [5.41, 5.74) is 2.52. The van der Waals surface area contributed by atoms with Crippen LogP contribution in [0.25, 0.3) is 28.2 Å². The molecule has 4 aromatic rings. The van der Waals surface area contributed by atoms with Gasteiger partial charge in [0.05, 0.1) is 22.0 Å². The molecule has 4 rings (SSSR count). The second-order valence-corrected chi connectivity index (χ2v) is 8.53. The van der Waals surface area contributed by atoms with Crippen molar-refractivity contribution in [3.05, 3.63) is 89.5 Å². The van der Waals surface area contributed by atoms with Gasteiger partial charge in [-0.1, -0.05) is 23.7 Å². The highest BCUT2D eigenvalue weighted by molar-refractivity contribution is 7.89. The van der Waals surface area contributed by atoms with Gasteiger partial charge in [-0.05, 0) is 54.6 Å². The standard InChI is InChI=1S/C21H14ClF2N3O2S/c22-15-3-1-13(2-4-15)21-12-20(14-9-16(23)11-17(24)10-14)26-27(21)18-5-7-19(8-6-18)30(25,28)29/h1-12H,(H2,25,28,29). The van der Waals surface area contributed by atoms with Crippen molar-refractivity contribution in [3.8, 4) is 28.2 Å². The second kappa shape index (κ2) is 7.64. The molecule has 0 aliphatic carbocycles. The van der Waals surface area contributed by atoms with Crippen LogP contribution in [0.1, 0.15) is 0 Å². The van der Waals surface area contributed by atoms with E-state index in [-0.39, 0.29) is 10.5 Å². The molecular weight excluding hydrogens is 432 g/mol. The van der Waals surface area contributed by atoms with Gasteiger partial charge >= 0.3 is 0 Å². The first kappa shape index (κ1) is 20.2. The minimum atomic E-state index is -3.84. The van der Waals surface area contributed by atoms with Crippen molar-refractivity contribution in [2.75, 3.05) is 0 Å². The zero-order valence-corrected chi connectivity index (χ0v) is 16.8. The van der Waals surface area contributed by atoms with E-state index in [0.717, 1.165) is 11.6 Å². The topological polar surface area (TPSA) is 78.0 Å². The van der Waals surface area contributed by atoms with Crippen molar-refractivity contribution in [1.29, 1.82) is 0 Å². The lowest BCUT2D eigenvalue weighted by atomic mass is 10.1. The van der Waals surface area contributed by atoms with Crippen LogP contribution in [-0.2, 0) is 10.0 Å². The molecule has 152 valence electrons. The summed E-state index contributed by atoms with van der Waals surface area (Å²) < 4.78 is 52.0. The zero-order valence-electron chi connectivity index (χ0n) is 15.3. The molecule has 3 aromatic carbocycles. The van der Waals surface area contributed by atoms with Gasteiger partial charge in [0.1, 0.15) is 11.6 Å². The molecule has 1 aromatic heterocycles. The maximum atomic E-state index is 13.7. The number of nitrogens with two attached hydrogens (primary N) is 1. The molecule has 0 bridgehead atoms. The molecule has 30 heavy (non-hydrogen) atoms. The van der Waals surface area contributed by atoms with Crippen molar-refractivity contribution in [2.45, 2.75) is 4.90 Å². The fourth-order valence-electron chi connectivity index (χ4n) is 3.02. The molecule has 0 aliphatic rings. The first-order valence-electron chi connectivity index (χ1n) is 8.66. The summed E-state index contributed by atoms with van der Waals surface area (Å²) >= 11 is 5.98. The molecule has 0 fully saturated rings. The Kier molecular flexibility index (Phi) is 5.15. The predicted molar refractivity (Wildman–Crippen MR) is 111 cm³/mol. The third kappa shape index (κ3) is 4.11. The van der Waals surface area contributed by atoms with Gasteiger partial charge in [0.2, 0.25) is 10.0 Å². The number of primary sulfonamides is 1. The molecule has 1 heterocycles. The summed E-state index contributed by atoms with van der Waals surface area (Å²) in [5, 5.41) is 10.2. The van der Waals surface area contributed by atoms with Gasteiger partial charge in [-0.15, -0.1) is 0 Å². The van der Waals surface area contributed by atoms with Crippen LogP contribution in [0.3, 0.4) is 0 Å². The monoisotopic (exact) mass is 445 g/mol. The molecule has 5 nitrogen and oxygen atoms in total. The van der Waals surface area contributed by atoms with Crippen molar-refractivity contribution in [1.82, 2.24) is 9.78 Å². The summed E-state index contributed by atoms with van der Waals surface area (Å²) in [6, 6.07) is 17.6. The van der Waals surface area contributed by atoms with Gasteiger partial charge in [0, 0.05) is 22.2 Å². The number of benzene rings is 3. The Labute approximate surface area is 176 Å². The van der Waals surface area contributed by atoms with E-state index in [4.69, 9.17) is 16.7 Å². The smallest absolute Gasteiger partial charge is 0.232 e. The van der Waals surface area contributed by atoms with Crippen molar-refractivity contribution >= 4 is 21.6 Å². The molecule has 0 aliphatic heterocycles. The van der Waals surface area contributed by atoms with E-state index in [2.05, 4.69) is 5.10 Å². The summed E-state index contributed by atoms with van der Waals surface area (Å²) in [4.78, 5) is -0.0427. The van der Waals surface area contributed by atoms with E-state index in [1.807, 2.05) is 0 Å². The highest BCUT2D eigenvalue weighted by Gasteiger charge is 2.16. The Morgan fingerprint density at radius 3 is 2.00 bits per heavy atom. The highest BCUT2D eigenvalue weighted by Crippen LogP contribution is 2.30. The summed E-state index contributed by atoms with van der Waals surface area (Å²) in [6.07, 6.45) is 0. The molecule has 2 N–H and O–H groups in total. The molecule has 0 atom stereocenters. The largest absolute Gasteiger partial charge is 0.238 e. The molecular formula is C21H14ClF2N3O2S. The van der Waals surface area contributed by atoms with Crippen LogP contribution in [-0.4, -0.2) is 18.2 Å². The summed E-state index contributed by atoms with van der Waals surface area (Å²) in [7, 11) is -3.84. The molecule has 0 spiro atoms. The van der Waals surface area contributed by atoms with Gasteiger partial charge in [-0.2, -0.15) is 5.10 Å². The Hall–Kier alpha value is -3.07. The highest BCUT2D eigenvalue weighted by atomic mass is 35.5. The lowest BCUT2D eigenvalue weighted by Crippen LogP contribution is -2.12. The number of sulfonamides is 1. The number of rotatable bonds is 4. The number of hydrogen-bond acceptors (Lipinski definition) is 3. The molecule has 0 saturated heterocycles. The maximum Gasteiger partial charge on any atom is 0.238 e. The van der Waals surface area contributed by atoms with E-state index in [0.29, 0.717) is 22.1 Å². The Morgan fingerprint density at radius 2 is 1.43 bits per heavy atom. The first-order valence-corrected chi connectivity index (χ1v) is 10.6. The van der Waals surface area contributed by atoms with Gasteiger partial charge in [0.25, 0.3) is 0 Å². The molecule has 0 saturated carbocycles. The molecule has 9 heteroatoms. The van der Waals surface area contributed by atoms with Gasteiger partial charge in [-0.25, -0.2) is 27.0 Å². The van der Waals surface area contributed by atoms with E-state index in [9.17, 15) is 17.2 Å². The van der Waals surface area contributed by atoms with Crippen LogP contribution in [0.5, 0.6) is 0 Å². The van der Waals surface area contributed by atoms with E-state index in [1.165, 1.54) is 24.3 Å². The number of nitrogens with zero attached hydrogens (tertiary/aromatic N) is 2. The Bertz CT molecular complexity index is 1320. The predicted octanol–water partition coefficient (Wildman–Crippen LogP) is 4.79. The van der Waals surface area contributed by atoms with Crippen LogP contribution >= 0.6 is 11.6 Å². The SMILES string of the molecule is NS(=O)(=O)c1ccc(-n2nc(-c3cc(F)cc(F)c3)cc2-c2ccc(Cl)cc2)cc1. The average Bonchev–Trinajstić information content (AvgIpc) is 3.13. The third-order valence-electron chi connectivity index (χ3n) is 4.42. The van der Waals surface area contributed by atoms with Crippen LogP contribution in [0.2, 0.25) is 5.02 Å². The summed E-state index contributed by atoms with van der Waals surface area (Å²) in [5.74, 6) is -1.44. The van der Waals surface area contributed by atoms with Crippen LogP contribution in [0, 0.1) is 11.6 Å². The van der Waals surface area contributed by atoms with E-state index in [1.54, 1.807) is 47.1 Å². The fourth-order valence-corrected chi connectivity index (χ4v) is 3.67. The van der Waals surface area contributed by atoms with Crippen LogP contribution in [0.4, 0.5) is 8.78 Å². The third-order valence-corrected chi connectivity index (χ3v) is 5.60. The van der Waals surface area contributed by atoms with Crippen LogP contribution in [0.15, 0.2) is 77.7 Å². The Balaban J connectivity index is 1.89. The van der Waals surface area contributed by atoms with Gasteiger partial charge in [-0.3, -0.25) is 0 Å². The molecule has 0 unspecified atom stereocenters. The second-order valence-electron chi connectivity index (χ2n) is 6.53. The first-order chi connectivity index (χ1) is 14.2. The number of halogens is 3. The number of hydrogen-bond donors (Lipinski definition) is 1. The summed E-state index contributed by atoms with van der Waals surface area (Å²) in [6.45, 7) is 0. The quantitative estimate of drug-likeness (QED) is 0.490.